The Hall–Kier alpha value is -3.22. The third-order valence-corrected chi connectivity index (χ3v) is 5.73. The highest BCUT2D eigenvalue weighted by atomic mass is 19.1. The van der Waals surface area contributed by atoms with Crippen LogP contribution >= 0.6 is 0 Å². The second-order valence-corrected chi connectivity index (χ2v) is 7.36. The molecular formula is C21H21FN4O2. The molecule has 7 heteroatoms. The minimum absolute atomic E-state index is 0.0936. The highest BCUT2D eigenvalue weighted by Crippen LogP contribution is 2.43. The SMILES string of the molecule is O=C(NCc1ccco1)N1CCC2(CC1)Nc1cc(F)ccc1-n1cccc12. The van der Waals surface area contributed by atoms with Crippen LogP contribution in [0.5, 0.6) is 0 Å². The molecule has 2 N–H and O–H groups in total. The highest BCUT2D eigenvalue weighted by molar-refractivity contribution is 5.74. The molecule has 2 aliphatic rings. The van der Waals surface area contributed by atoms with Gasteiger partial charge in [-0.25, -0.2) is 9.18 Å². The second-order valence-electron chi connectivity index (χ2n) is 7.36. The largest absolute Gasteiger partial charge is 0.467 e. The molecule has 1 fully saturated rings. The van der Waals surface area contributed by atoms with Crippen molar-refractivity contribution in [3.8, 4) is 5.69 Å². The second kappa shape index (κ2) is 6.44. The number of benzene rings is 1. The molecule has 0 saturated carbocycles. The first-order valence-corrected chi connectivity index (χ1v) is 9.46. The molecule has 0 atom stereocenters. The average molecular weight is 380 g/mol. The summed E-state index contributed by atoms with van der Waals surface area (Å²) in [6.45, 7) is 1.61. The maximum absolute atomic E-state index is 13.8. The van der Waals surface area contributed by atoms with Gasteiger partial charge in [0, 0.05) is 25.0 Å². The van der Waals surface area contributed by atoms with Gasteiger partial charge in [-0.1, -0.05) is 0 Å². The van der Waals surface area contributed by atoms with Crippen LogP contribution in [0, 0.1) is 5.82 Å². The number of amides is 2. The van der Waals surface area contributed by atoms with Gasteiger partial charge in [-0.3, -0.25) is 0 Å². The summed E-state index contributed by atoms with van der Waals surface area (Å²) in [5.74, 6) is 0.471. The summed E-state index contributed by atoms with van der Waals surface area (Å²) in [7, 11) is 0. The summed E-state index contributed by atoms with van der Waals surface area (Å²) >= 11 is 0. The van der Waals surface area contributed by atoms with E-state index in [1.165, 1.54) is 6.07 Å². The first kappa shape index (κ1) is 16.9. The third kappa shape index (κ3) is 2.74. The van der Waals surface area contributed by atoms with Crippen LogP contribution < -0.4 is 10.6 Å². The fourth-order valence-electron chi connectivity index (χ4n) is 4.28. The van der Waals surface area contributed by atoms with Crippen LogP contribution in [0.2, 0.25) is 0 Å². The lowest BCUT2D eigenvalue weighted by atomic mass is 9.82. The molecule has 5 rings (SSSR count). The first-order valence-electron chi connectivity index (χ1n) is 9.46. The number of aromatic nitrogens is 1. The lowest BCUT2D eigenvalue weighted by molar-refractivity contribution is 0.162. The number of furan rings is 1. The van der Waals surface area contributed by atoms with Crippen LogP contribution in [-0.2, 0) is 12.1 Å². The van der Waals surface area contributed by atoms with Crippen LogP contribution in [0.4, 0.5) is 14.9 Å². The van der Waals surface area contributed by atoms with Crippen molar-refractivity contribution < 1.29 is 13.6 Å². The lowest BCUT2D eigenvalue weighted by Gasteiger charge is -2.46. The molecule has 28 heavy (non-hydrogen) atoms. The van der Waals surface area contributed by atoms with E-state index in [1.807, 2.05) is 23.2 Å². The van der Waals surface area contributed by atoms with Gasteiger partial charge in [-0.15, -0.1) is 0 Å². The minimum Gasteiger partial charge on any atom is -0.467 e. The van der Waals surface area contributed by atoms with Crippen LogP contribution in [0.1, 0.15) is 24.3 Å². The number of carbonyl (C=O) groups is 1. The van der Waals surface area contributed by atoms with Crippen molar-refractivity contribution in [1.82, 2.24) is 14.8 Å². The fraction of sp³-hybridized carbons (Fsp3) is 0.286. The number of likely N-dealkylation sites (tertiary alicyclic amines) is 1. The molecular weight excluding hydrogens is 359 g/mol. The Kier molecular flexibility index (Phi) is 3.89. The molecule has 3 aromatic rings. The number of fused-ring (bicyclic) bond motifs is 4. The molecule has 0 radical (unpaired) electrons. The van der Waals surface area contributed by atoms with Crippen LogP contribution in [0.3, 0.4) is 0 Å². The third-order valence-electron chi connectivity index (χ3n) is 5.73. The van der Waals surface area contributed by atoms with Crippen molar-refractivity contribution in [2.24, 2.45) is 0 Å². The van der Waals surface area contributed by atoms with Crippen molar-refractivity contribution >= 4 is 11.7 Å². The molecule has 0 unspecified atom stereocenters. The first-order chi connectivity index (χ1) is 13.6. The monoisotopic (exact) mass is 380 g/mol. The van der Waals surface area contributed by atoms with Crippen molar-refractivity contribution in [1.29, 1.82) is 0 Å². The van der Waals surface area contributed by atoms with E-state index in [0.717, 1.165) is 35.7 Å². The Bertz CT molecular complexity index is 1000. The zero-order valence-electron chi connectivity index (χ0n) is 15.3. The lowest BCUT2D eigenvalue weighted by Crippen LogP contribution is -2.52. The van der Waals surface area contributed by atoms with E-state index in [0.29, 0.717) is 19.6 Å². The molecule has 4 heterocycles. The predicted molar refractivity (Wildman–Crippen MR) is 103 cm³/mol. The van der Waals surface area contributed by atoms with E-state index < -0.39 is 0 Å². The number of urea groups is 1. The molecule has 2 aliphatic heterocycles. The maximum Gasteiger partial charge on any atom is 0.317 e. The van der Waals surface area contributed by atoms with E-state index >= 15 is 0 Å². The summed E-state index contributed by atoms with van der Waals surface area (Å²) in [5.41, 5.74) is 2.59. The molecule has 144 valence electrons. The van der Waals surface area contributed by atoms with Crippen molar-refractivity contribution in [2.75, 3.05) is 18.4 Å². The Morgan fingerprint density at radius 3 is 2.86 bits per heavy atom. The number of rotatable bonds is 2. The summed E-state index contributed by atoms with van der Waals surface area (Å²) in [4.78, 5) is 14.3. The zero-order chi connectivity index (χ0) is 19.1. The van der Waals surface area contributed by atoms with E-state index in [4.69, 9.17) is 4.42 Å². The quantitative estimate of drug-likeness (QED) is 0.710. The number of piperidine rings is 1. The molecule has 1 aromatic carbocycles. The Morgan fingerprint density at radius 1 is 1.21 bits per heavy atom. The molecule has 6 nitrogen and oxygen atoms in total. The summed E-state index contributed by atoms with van der Waals surface area (Å²) in [6.07, 6.45) is 5.11. The summed E-state index contributed by atoms with van der Waals surface area (Å²) in [6, 6.07) is 12.5. The van der Waals surface area contributed by atoms with Gasteiger partial charge in [-0.05, 0) is 55.3 Å². The highest BCUT2D eigenvalue weighted by Gasteiger charge is 2.42. The van der Waals surface area contributed by atoms with E-state index in [2.05, 4.69) is 21.3 Å². The van der Waals surface area contributed by atoms with E-state index in [1.54, 1.807) is 24.5 Å². The van der Waals surface area contributed by atoms with Crippen LogP contribution in [0.15, 0.2) is 59.3 Å². The van der Waals surface area contributed by atoms with Gasteiger partial charge in [0.05, 0.1) is 29.7 Å². The predicted octanol–water partition coefficient (Wildman–Crippen LogP) is 3.84. The van der Waals surface area contributed by atoms with Gasteiger partial charge in [0.1, 0.15) is 11.6 Å². The van der Waals surface area contributed by atoms with Gasteiger partial charge >= 0.3 is 6.03 Å². The number of hydrogen-bond acceptors (Lipinski definition) is 3. The zero-order valence-corrected chi connectivity index (χ0v) is 15.3. The minimum atomic E-state index is -0.303. The van der Waals surface area contributed by atoms with Crippen molar-refractivity contribution in [3.05, 3.63) is 72.2 Å². The van der Waals surface area contributed by atoms with Gasteiger partial charge in [0.15, 0.2) is 0 Å². The smallest absolute Gasteiger partial charge is 0.317 e. The number of carbonyl (C=O) groups excluding carboxylic acids is 1. The van der Waals surface area contributed by atoms with Crippen molar-refractivity contribution in [3.63, 3.8) is 0 Å². The van der Waals surface area contributed by atoms with Gasteiger partial charge in [0.25, 0.3) is 0 Å². The van der Waals surface area contributed by atoms with Crippen LogP contribution in [-0.4, -0.2) is 28.6 Å². The van der Waals surface area contributed by atoms with E-state index in [-0.39, 0.29) is 17.4 Å². The van der Waals surface area contributed by atoms with E-state index in [9.17, 15) is 9.18 Å². The summed E-state index contributed by atoms with van der Waals surface area (Å²) in [5, 5.41) is 6.48. The number of halogens is 1. The van der Waals surface area contributed by atoms with Crippen LogP contribution in [0.25, 0.3) is 5.69 Å². The topological polar surface area (TPSA) is 62.4 Å². The maximum atomic E-state index is 13.8. The molecule has 0 aliphatic carbocycles. The fourth-order valence-corrected chi connectivity index (χ4v) is 4.28. The molecule has 1 spiro atoms. The number of nitrogens with one attached hydrogen (secondary N) is 2. The molecule has 0 bridgehead atoms. The molecule has 2 aromatic heterocycles. The normalized spacial score (nSPS) is 17.0. The molecule has 2 amide bonds. The van der Waals surface area contributed by atoms with Crippen molar-refractivity contribution in [2.45, 2.75) is 24.9 Å². The molecule has 1 saturated heterocycles. The Balaban J connectivity index is 1.32. The average Bonchev–Trinajstić information content (AvgIpc) is 3.39. The van der Waals surface area contributed by atoms with Gasteiger partial charge in [-0.2, -0.15) is 0 Å². The Labute approximate surface area is 161 Å². The standard InChI is InChI=1S/C21H21FN4O2/c22-15-5-6-18-17(13-15)24-21(19-4-1-9-26(18)19)7-10-25(11-8-21)20(27)23-14-16-3-2-12-28-16/h1-6,9,12-13,24H,7-8,10-11,14H2,(H,23,27). The number of anilines is 1. The van der Waals surface area contributed by atoms with Gasteiger partial charge in [0.2, 0.25) is 0 Å². The number of nitrogens with zero attached hydrogens (tertiary/aromatic N) is 2. The summed E-state index contributed by atoms with van der Waals surface area (Å²) < 4.78 is 21.2. The Morgan fingerprint density at radius 2 is 2.07 bits per heavy atom. The van der Waals surface area contributed by atoms with Gasteiger partial charge < -0.3 is 24.5 Å². The number of hydrogen-bond donors (Lipinski definition) is 2.